The maximum absolute atomic E-state index is 11.7. The van der Waals surface area contributed by atoms with E-state index in [1.807, 2.05) is 0 Å². The fraction of sp³-hybridized carbons (Fsp3) is 0.938. The SMILES string of the molecule is CCCC(=O)NC1CCCC(CCC)(CCC)C1. The first-order valence-corrected chi connectivity index (χ1v) is 7.95. The second kappa shape index (κ2) is 7.81. The number of nitrogens with one attached hydrogen (secondary N) is 1. The van der Waals surface area contributed by atoms with Gasteiger partial charge in [0.25, 0.3) is 0 Å². The summed E-state index contributed by atoms with van der Waals surface area (Å²) in [7, 11) is 0. The molecule has 2 nitrogen and oxygen atoms in total. The molecule has 0 aromatic carbocycles. The molecule has 1 saturated carbocycles. The number of amides is 1. The van der Waals surface area contributed by atoms with Crippen molar-refractivity contribution in [2.45, 2.75) is 91.0 Å². The first-order valence-electron chi connectivity index (χ1n) is 7.95. The molecule has 0 aromatic rings. The predicted octanol–water partition coefficient (Wildman–Crippen LogP) is 4.43. The Kier molecular flexibility index (Phi) is 6.73. The van der Waals surface area contributed by atoms with Gasteiger partial charge in [0.05, 0.1) is 0 Å². The van der Waals surface area contributed by atoms with Crippen molar-refractivity contribution in [1.29, 1.82) is 0 Å². The number of rotatable bonds is 7. The molecule has 0 radical (unpaired) electrons. The van der Waals surface area contributed by atoms with Gasteiger partial charge in [0, 0.05) is 12.5 Å². The predicted molar refractivity (Wildman–Crippen MR) is 77.6 cm³/mol. The van der Waals surface area contributed by atoms with Crippen molar-refractivity contribution < 1.29 is 4.79 Å². The van der Waals surface area contributed by atoms with E-state index in [0.717, 1.165) is 6.42 Å². The highest BCUT2D eigenvalue weighted by Gasteiger charge is 2.35. The van der Waals surface area contributed by atoms with Crippen molar-refractivity contribution in [2.75, 3.05) is 0 Å². The largest absolute Gasteiger partial charge is 0.353 e. The van der Waals surface area contributed by atoms with Gasteiger partial charge >= 0.3 is 0 Å². The minimum Gasteiger partial charge on any atom is -0.353 e. The van der Waals surface area contributed by atoms with E-state index in [4.69, 9.17) is 0 Å². The van der Waals surface area contributed by atoms with Crippen LogP contribution in [0.1, 0.15) is 85.0 Å². The zero-order chi connectivity index (χ0) is 13.4. The van der Waals surface area contributed by atoms with Gasteiger partial charge in [-0.3, -0.25) is 4.79 Å². The van der Waals surface area contributed by atoms with E-state index in [1.54, 1.807) is 0 Å². The van der Waals surface area contributed by atoms with Crippen LogP contribution >= 0.6 is 0 Å². The van der Waals surface area contributed by atoms with Crippen LogP contribution in [-0.2, 0) is 4.79 Å². The molecule has 1 atom stereocenters. The van der Waals surface area contributed by atoms with Gasteiger partial charge in [0.2, 0.25) is 5.91 Å². The van der Waals surface area contributed by atoms with Crippen LogP contribution in [0.15, 0.2) is 0 Å². The van der Waals surface area contributed by atoms with Crippen LogP contribution in [0.5, 0.6) is 0 Å². The molecule has 1 fully saturated rings. The fourth-order valence-corrected chi connectivity index (χ4v) is 3.74. The molecule has 2 heteroatoms. The fourth-order valence-electron chi connectivity index (χ4n) is 3.74. The van der Waals surface area contributed by atoms with Crippen molar-refractivity contribution in [1.82, 2.24) is 5.32 Å². The highest BCUT2D eigenvalue weighted by molar-refractivity contribution is 5.76. The summed E-state index contributed by atoms with van der Waals surface area (Å²) in [6.45, 7) is 6.65. The van der Waals surface area contributed by atoms with Gasteiger partial charge in [0.15, 0.2) is 0 Å². The molecule has 0 bridgehead atoms. The van der Waals surface area contributed by atoms with Crippen LogP contribution in [0.2, 0.25) is 0 Å². The smallest absolute Gasteiger partial charge is 0.220 e. The summed E-state index contributed by atoms with van der Waals surface area (Å²) in [5.74, 6) is 0.256. The van der Waals surface area contributed by atoms with E-state index in [0.29, 0.717) is 17.9 Å². The third-order valence-electron chi connectivity index (χ3n) is 4.34. The summed E-state index contributed by atoms with van der Waals surface area (Å²) in [5.41, 5.74) is 0.520. The molecule has 1 aliphatic rings. The molecule has 0 spiro atoms. The maximum Gasteiger partial charge on any atom is 0.220 e. The standard InChI is InChI=1S/C16H31NO/c1-4-8-15(18)17-14-9-7-12-16(13-14,10-5-2)11-6-3/h14H,4-13H2,1-3H3,(H,17,18). The van der Waals surface area contributed by atoms with E-state index in [1.165, 1.54) is 51.4 Å². The summed E-state index contributed by atoms with van der Waals surface area (Å²) in [6, 6.07) is 0.441. The second-order valence-electron chi connectivity index (χ2n) is 6.11. The monoisotopic (exact) mass is 253 g/mol. The molecule has 0 aliphatic heterocycles. The molecule has 1 unspecified atom stereocenters. The molecule has 0 aromatic heterocycles. The quantitative estimate of drug-likeness (QED) is 0.714. The number of carbonyl (C=O) groups excluding carboxylic acids is 1. The Bertz CT molecular complexity index is 238. The molecule has 106 valence electrons. The molecule has 1 N–H and O–H groups in total. The van der Waals surface area contributed by atoms with Gasteiger partial charge < -0.3 is 5.32 Å². The first kappa shape index (κ1) is 15.5. The summed E-state index contributed by atoms with van der Waals surface area (Å²) < 4.78 is 0. The Hall–Kier alpha value is -0.530. The highest BCUT2D eigenvalue weighted by atomic mass is 16.1. The summed E-state index contributed by atoms with van der Waals surface area (Å²) in [4.78, 5) is 11.7. The summed E-state index contributed by atoms with van der Waals surface area (Å²) in [5, 5.41) is 3.25. The van der Waals surface area contributed by atoms with Crippen molar-refractivity contribution in [2.24, 2.45) is 5.41 Å². The molecular formula is C16H31NO. The zero-order valence-electron chi connectivity index (χ0n) is 12.6. The topological polar surface area (TPSA) is 29.1 Å². The van der Waals surface area contributed by atoms with Crippen molar-refractivity contribution in [3.05, 3.63) is 0 Å². The lowest BCUT2D eigenvalue weighted by Gasteiger charge is -2.41. The molecule has 1 aliphatic carbocycles. The Morgan fingerprint density at radius 3 is 2.39 bits per heavy atom. The average Bonchev–Trinajstić information content (AvgIpc) is 2.30. The van der Waals surface area contributed by atoms with Crippen LogP contribution in [0.25, 0.3) is 0 Å². The minimum absolute atomic E-state index is 0.256. The molecule has 18 heavy (non-hydrogen) atoms. The van der Waals surface area contributed by atoms with Crippen molar-refractivity contribution >= 4 is 5.91 Å². The van der Waals surface area contributed by atoms with E-state index >= 15 is 0 Å². The molecule has 0 saturated heterocycles. The number of hydrogen-bond acceptors (Lipinski definition) is 1. The molecule has 1 rings (SSSR count). The lowest BCUT2D eigenvalue weighted by molar-refractivity contribution is -0.122. The third-order valence-corrected chi connectivity index (χ3v) is 4.34. The third kappa shape index (κ3) is 4.62. The normalized spacial score (nSPS) is 22.7. The zero-order valence-corrected chi connectivity index (χ0v) is 12.6. The van der Waals surface area contributed by atoms with Crippen LogP contribution in [0.3, 0.4) is 0 Å². The summed E-state index contributed by atoms with van der Waals surface area (Å²) in [6.07, 6.45) is 11.9. The van der Waals surface area contributed by atoms with Crippen LogP contribution in [0.4, 0.5) is 0 Å². The van der Waals surface area contributed by atoms with E-state index in [9.17, 15) is 4.79 Å². The van der Waals surface area contributed by atoms with Gasteiger partial charge in [-0.1, -0.05) is 40.0 Å². The van der Waals surface area contributed by atoms with Gasteiger partial charge in [-0.25, -0.2) is 0 Å². The number of carbonyl (C=O) groups is 1. The van der Waals surface area contributed by atoms with Crippen LogP contribution in [0, 0.1) is 5.41 Å². The van der Waals surface area contributed by atoms with Gasteiger partial charge in [0.1, 0.15) is 0 Å². The van der Waals surface area contributed by atoms with Crippen molar-refractivity contribution in [3.63, 3.8) is 0 Å². The van der Waals surface area contributed by atoms with E-state index in [2.05, 4.69) is 26.1 Å². The highest BCUT2D eigenvalue weighted by Crippen LogP contribution is 2.43. The molecular weight excluding hydrogens is 222 g/mol. The Balaban J connectivity index is 2.54. The van der Waals surface area contributed by atoms with Gasteiger partial charge in [-0.05, 0) is 43.9 Å². The first-order chi connectivity index (χ1) is 8.65. The minimum atomic E-state index is 0.256. The lowest BCUT2D eigenvalue weighted by atomic mass is 9.67. The Labute approximate surface area is 113 Å². The van der Waals surface area contributed by atoms with Gasteiger partial charge in [-0.15, -0.1) is 0 Å². The summed E-state index contributed by atoms with van der Waals surface area (Å²) >= 11 is 0. The average molecular weight is 253 g/mol. The Morgan fingerprint density at radius 2 is 1.83 bits per heavy atom. The number of hydrogen-bond donors (Lipinski definition) is 1. The van der Waals surface area contributed by atoms with E-state index < -0.39 is 0 Å². The van der Waals surface area contributed by atoms with E-state index in [-0.39, 0.29) is 5.91 Å². The molecule has 0 heterocycles. The van der Waals surface area contributed by atoms with Crippen molar-refractivity contribution in [3.8, 4) is 0 Å². The van der Waals surface area contributed by atoms with Crippen LogP contribution in [-0.4, -0.2) is 11.9 Å². The molecule has 1 amide bonds. The van der Waals surface area contributed by atoms with Gasteiger partial charge in [-0.2, -0.15) is 0 Å². The second-order valence-corrected chi connectivity index (χ2v) is 6.11. The Morgan fingerprint density at radius 1 is 1.17 bits per heavy atom. The lowest BCUT2D eigenvalue weighted by Crippen LogP contribution is -2.42. The maximum atomic E-state index is 11.7. The van der Waals surface area contributed by atoms with Crippen LogP contribution < -0.4 is 5.32 Å².